The second-order valence-electron chi connectivity index (χ2n) is 6.53. The molecule has 5 nitrogen and oxygen atoms in total. The first-order valence-corrected chi connectivity index (χ1v) is 9.17. The minimum atomic E-state index is -3.15. The van der Waals surface area contributed by atoms with E-state index in [1.807, 2.05) is 0 Å². The summed E-state index contributed by atoms with van der Waals surface area (Å²) in [6.07, 6.45) is 3.81. The lowest BCUT2D eigenvalue weighted by atomic mass is 9.90. The third-order valence-electron chi connectivity index (χ3n) is 4.01. The summed E-state index contributed by atoms with van der Waals surface area (Å²) in [6, 6.07) is 0. The number of rotatable bonds is 9. The number of ether oxygens (including phenoxy) is 1. The summed E-state index contributed by atoms with van der Waals surface area (Å²) in [5.74, 6) is 0.798. The highest BCUT2D eigenvalue weighted by Gasteiger charge is 2.22. The van der Waals surface area contributed by atoms with Crippen LogP contribution in [0.15, 0.2) is 0 Å². The van der Waals surface area contributed by atoms with Gasteiger partial charge in [-0.1, -0.05) is 13.8 Å². The zero-order chi connectivity index (χ0) is 15.1. The quantitative estimate of drug-likeness (QED) is 0.675. The van der Waals surface area contributed by atoms with Gasteiger partial charge in [-0.25, -0.2) is 13.1 Å². The molecule has 0 atom stereocenters. The Morgan fingerprint density at radius 2 is 1.95 bits per heavy atom. The monoisotopic (exact) mass is 306 g/mol. The molecule has 1 aliphatic rings. The predicted molar refractivity (Wildman–Crippen MR) is 82.3 cm³/mol. The van der Waals surface area contributed by atoms with E-state index in [0.29, 0.717) is 19.1 Å². The Kier molecular flexibility index (Phi) is 7.43. The van der Waals surface area contributed by atoms with Crippen molar-refractivity contribution in [2.45, 2.75) is 39.5 Å². The molecular formula is C14H30N2O3S. The molecule has 1 aliphatic heterocycles. The van der Waals surface area contributed by atoms with Crippen LogP contribution in [-0.4, -0.2) is 47.5 Å². The molecule has 1 rings (SSSR count). The maximum absolute atomic E-state index is 12.0. The molecule has 0 radical (unpaired) electrons. The number of hydrogen-bond donors (Lipinski definition) is 2. The molecule has 6 heteroatoms. The standard InChI is InChI=1S/C14H30N2O3S/c1-14(2,7-10-19-3)12-16-20(17,18)11-6-13-4-8-15-9-5-13/h13,15-16H,4-12H2,1-3H3. The fourth-order valence-electron chi connectivity index (χ4n) is 2.34. The van der Waals surface area contributed by atoms with Gasteiger partial charge in [-0.2, -0.15) is 0 Å². The number of nitrogens with one attached hydrogen (secondary N) is 2. The van der Waals surface area contributed by atoms with Crippen molar-refractivity contribution < 1.29 is 13.2 Å². The highest BCUT2D eigenvalue weighted by atomic mass is 32.2. The van der Waals surface area contributed by atoms with Crippen LogP contribution in [0.25, 0.3) is 0 Å². The van der Waals surface area contributed by atoms with Gasteiger partial charge in [-0.05, 0) is 50.1 Å². The molecule has 1 heterocycles. The summed E-state index contributed by atoms with van der Waals surface area (Å²) in [6.45, 7) is 7.28. The molecule has 120 valence electrons. The average molecular weight is 306 g/mol. The third kappa shape index (κ3) is 7.57. The maximum atomic E-state index is 12.0. The molecule has 1 fully saturated rings. The molecule has 0 amide bonds. The normalized spacial score (nSPS) is 18.4. The van der Waals surface area contributed by atoms with Gasteiger partial charge in [-0.3, -0.25) is 0 Å². The first-order valence-electron chi connectivity index (χ1n) is 7.52. The lowest BCUT2D eigenvalue weighted by Gasteiger charge is -2.25. The number of hydrogen-bond acceptors (Lipinski definition) is 4. The number of sulfonamides is 1. The molecular weight excluding hydrogens is 276 g/mol. The van der Waals surface area contributed by atoms with E-state index >= 15 is 0 Å². The van der Waals surface area contributed by atoms with Gasteiger partial charge in [0.2, 0.25) is 10.0 Å². The van der Waals surface area contributed by atoms with E-state index < -0.39 is 10.0 Å². The molecule has 0 aromatic carbocycles. The Hall–Kier alpha value is -0.170. The van der Waals surface area contributed by atoms with Crippen molar-refractivity contribution in [2.24, 2.45) is 11.3 Å². The summed E-state index contributed by atoms with van der Waals surface area (Å²) in [4.78, 5) is 0. The van der Waals surface area contributed by atoms with Crippen LogP contribution in [-0.2, 0) is 14.8 Å². The first-order chi connectivity index (χ1) is 9.35. The van der Waals surface area contributed by atoms with Crippen LogP contribution >= 0.6 is 0 Å². The zero-order valence-corrected chi connectivity index (χ0v) is 13.9. The maximum Gasteiger partial charge on any atom is 0.211 e. The molecule has 0 unspecified atom stereocenters. The summed E-state index contributed by atoms with van der Waals surface area (Å²) < 4.78 is 31.9. The smallest absolute Gasteiger partial charge is 0.211 e. The van der Waals surface area contributed by atoms with Gasteiger partial charge in [0.1, 0.15) is 0 Å². The third-order valence-corrected chi connectivity index (χ3v) is 5.36. The average Bonchev–Trinajstić information content (AvgIpc) is 2.43. The molecule has 2 N–H and O–H groups in total. The lowest BCUT2D eigenvalue weighted by molar-refractivity contribution is 0.153. The van der Waals surface area contributed by atoms with E-state index in [1.54, 1.807) is 7.11 Å². The van der Waals surface area contributed by atoms with Gasteiger partial charge >= 0.3 is 0 Å². The van der Waals surface area contributed by atoms with Gasteiger partial charge in [0.15, 0.2) is 0 Å². The highest BCUT2D eigenvalue weighted by molar-refractivity contribution is 7.89. The summed E-state index contributed by atoms with van der Waals surface area (Å²) >= 11 is 0. The van der Waals surface area contributed by atoms with E-state index in [1.165, 1.54) is 0 Å². The number of piperidine rings is 1. The van der Waals surface area contributed by atoms with Gasteiger partial charge in [-0.15, -0.1) is 0 Å². The van der Waals surface area contributed by atoms with Crippen molar-refractivity contribution in [3.63, 3.8) is 0 Å². The van der Waals surface area contributed by atoms with Crippen LogP contribution in [0, 0.1) is 11.3 Å². The predicted octanol–water partition coefficient (Wildman–Crippen LogP) is 1.36. The largest absolute Gasteiger partial charge is 0.385 e. The van der Waals surface area contributed by atoms with Crippen molar-refractivity contribution in [1.29, 1.82) is 0 Å². The summed E-state index contributed by atoms with van der Waals surface area (Å²) in [7, 11) is -1.48. The molecule has 0 aromatic rings. The van der Waals surface area contributed by atoms with Crippen molar-refractivity contribution >= 4 is 10.0 Å². The van der Waals surface area contributed by atoms with E-state index in [-0.39, 0.29) is 11.2 Å². The Morgan fingerprint density at radius 3 is 2.55 bits per heavy atom. The second kappa shape index (κ2) is 8.32. The fraction of sp³-hybridized carbons (Fsp3) is 1.00. The Balaban J connectivity index is 2.29. The molecule has 0 saturated carbocycles. The zero-order valence-electron chi connectivity index (χ0n) is 13.1. The van der Waals surface area contributed by atoms with Crippen LogP contribution in [0.4, 0.5) is 0 Å². The van der Waals surface area contributed by atoms with Crippen LogP contribution in [0.3, 0.4) is 0 Å². The Labute approximate surface area is 123 Å². The van der Waals surface area contributed by atoms with Crippen molar-refractivity contribution in [1.82, 2.24) is 10.0 Å². The van der Waals surface area contributed by atoms with Gasteiger partial charge < -0.3 is 10.1 Å². The van der Waals surface area contributed by atoms with Gasteiger partial charge in [0.25, 0.3) is 0 Å². The van der Waals surface area contributed by atoms with Crippen LogP contribution in [0.1, 0.15) is 39.5 Å². The molecule has 0 bridgehead atoms. The van der Waals surface area contributed by atoms with E-state index in [2.05, 4.69) is 23.9 Å². The van der Waals surface area contributed by atoms with E-state index in [4.69, 9.17) is 4.74 Å². The fourth-order valence-corrected chi connectivity index (χ4v) is 3.74. The Morgan fingerprint density at radius 1 is 1.30 bits per heavy atom. The summed E-state index contributed by atoms with van der Waals surface area (Å²) in [5, 5.41) is 3.30. The Bertz CT molecular complexity index is 363. The topological polar surface area (TPSA) is 67.4 Å². The second-order valence-corrected chi connectivity index (χ2v) is 8.46. The molecule has 0 aromatic heterocycles. The minimum Gasteiger partial charge on any atom is -0.385 e. The first kappa shape index (κ1) is 17.9. The van der Waals surface area contributed by atoms with Crippen LogP contribution < -0.4 is 10.0 Å². The van der Waals surface area contributed by atoms with Crippen molar-refractivity contribution in [3.8, 4) is 0 Å². The SMILES string of the molecule is COCCC(C)(C)CNS(=O)(=O)CCC1CCNCC1. The van der Waals surface area contributed by atoms with Gasteiger partial charge in [0, 0.05) is 20.3 Å². The molecule has 20 heavy (non-hydrogen) atoms. The molecule has 1 saturated heterocycles. The van der Waals surface area contributed by atoms with Crippen molar-refractivity contribution in [3.05, 3.63) is 0 Å². The highest BCUT2D eigenvalue weighted by Crippen LogP contribution is 2.20. The van der Waals surface area contributed by atoms with Crippen molar-refractivity contribution in [2.75, 3.05) is 39.1 Å². The van der Waals surface area contributed by atoms with Crippen LogP contribution in [0.5, 0.6) is 0 Å². The molecule has 0 aliphatic carbocycles. The summed E-state index contributed by atoms with van der Waals surface area (Å²) in [5.41, 5.74) is -0.0716. The van der Waals surface area contributed by atoms with Crippen LogP contribution in [0.2, 0.25) is 0 Å². The van der Waals surface area contributed by atoms with Gasteiger partial charge in [0.05, 0.1) is 5.75 Å². The minimum absolute atomic E-state index is 0.0716. The van der Waals surface area contributed by atoms with E-state index in [0.717, 1.165) is 38.8 Å². The van der Waals surface area contributed by atoms with E-state index in [9.17, 15) is 8.42 Å². The lowest BCUT2D eigenvalue weighted by Crippen LogP contribution is -2.37. The number of methoxy groups -OCH3 is 1. The molecule has 0 spiro atoms.